The first-order chi connectivity index (χ1) is 21.5. The molecule has 3 aliphatic rings. The van der Waals surface area contributed by atoms with Crippen molar-refractivity contribution in [2.45, 2.75) is 44.1 Å². The number of nitrogens with zero attached hydrogens (tertiary/aromatic N) is 7. The molecule has 1 unspecified atom stereocenters. The van der Waals surface area contributed by atoms with Crippen molar-refractivity contribution in [1.29, 1.82) is 0 Å². The molecule has 1 amide bonds. The Bertz CT molecular complexity index is 1670. The Morgan fingerprint density at radius 2 is 1.96 bits per heavy atom. The van der Waals surface area contributed by atoms with Crippen LogP contribution in [0, 0.1) is 6.57 Å². The summed E-state index contributed by atoms with van der Waals surface area (Å²) in [7, 11) is 1.88. The number of anilines is 2. The maximum Gasteiger partial charge on any atom is 0.318 e. The SMILES string of the molecule is [C-]#[N+]C[C@H]1CN(c2nc(OC[C@@H]3CC(C)(F)CN3C)nc3c2CCN(c2cccc4cccc(Cl)c24)C3)CCN1C(=O)C(=C)F. The van der Waals surface area contributed by atoms with Crippen molar-refractivity contribution in [2.75, 3.05) is 62.7 Å². The minimum atomic E-state index is -1.29. The van der Waals surface area contributed by atoms with E-state index >= 15 is 0 Å². The highest BCUT2D eigenvalue weighted by molar-refractivity contribution is 6.36. The quantitative estimate of drug-likeness (QED) is 0.265. The lowest BCUT2D eigenvalue weighted by atomic mass is 10.0. The first-order valence-electron chi connectivity index (χ1n) is 15.1. The predicted octanol–water partition coefficient (Wildman–Crippen LogP) is 5.08. The minimum Gasteiger partial charge on any atom is -0.462 e. The molecule has 6 rings (SSSR count). The summed E-state index contributed by atoms with van der Waals surface area (Å²) >= 11 is 6.67. The van der Waals surface area contributed by atoms with Crippen LogP contribution in [0.3, 0.4) is 0 Å². The molecule has 4 heterocycles. The number of likely N-dealkylation sites (N-methyl/N-ethyl adjacent to an activating group) is 1. The number of amides is 1. The molecule has 3 aromatic rings. The van der Waals surface area contributed by atoms with Gasteiger partial charge in [0.05, 0.1) is 17.3 Å². The zero-order valence-electron chi connectivity index (χ0n) is 25.5. The van der Waals surface area contributed by atoms with E-state index in [0.29, 0.717) is 56.4 Å². The average Bonchev–Trinajstić information content (AvgIpc) is 3.29. The highest BCUT2D eigenvalue weighted by Gasteiger charge is 2.40. The van der Waals surface area contributed by atoms with Gasteiger partial charge in [0.25, 0.3) is 5.91 Å². The van der Waals surface area contributed by atoms with E-state index in [1.54, 1.807) is 6.92 Å². The Hall–Kier alpha value is -4.01. The van der Waals surface area contributed by atoms with E-state index in [2.05, 4.69) is 22.4 Å². The molecule has 0 N–H and O–H groups in total. The van der Waals surface area contributed by atoms with Gasteiger partial charge in [-0.15, -0.1) is 0 Å². The Morgan fingerprint density at radius 3 is 2.67 bits per heavy atom. The van der Waals surface area contributed by atoms with Gasteiger partial charge in [-0.3, -0.25) is 9.69 Å². The molecule has 0 aliphatic carbocycles. The van der Waals surface area contributed by atoms with Crippen LogP contribution in [-0.2, 0) is 17.8 Å². The molecule has 3 aliphatic heterocycles. The van der Waals surface area contributed by atoms with Crippen molar-refractivity contribution in [3.63, 3.8) is 0 Å². The summed E-state index contributed by atoms with van der Waals surface area (Å²) in [6.45, 7) is 14.9. The maximum atomic E-state index is 14.7. The lowest BCUT2D eigenvalue weighted by Gasteiger charge is -2.41. The van der Waals surface area contributed by atoms with E-state index in [1.165, 1.54) is 4.90 Å². The van der Waals surface area contributed by atoms with Crippen LogP contribution in [-0.4, -0.2) is 96.4 Å². The molecule has 2 saturated heterocycles. The van der Waals surface area contributed by atoms with Crippen LogP contribution in [0.15, 0.2) is 48.8 Å². The van der Waals surface area contributed by atoms with Gasteiger partial charge in [-0.2, -0.15) is 9.97 Å². The number of piperazine rings is 1. The number of carbonyl (C=O) groups is 1. The van der Waals surface area contributed by atoms with Crippen molar-refractivity contribution in [3.8, 4) is 6.01 Å². The van der Waals surface area contributed by atoms with E-state index in [0.717, 1.165) is 27.7 Å². The molecule has 1 aromatic heterocycles. The second-order valence-corrected chi connectivity index (χ2v) is 12.8. The molecular formula is C33H36ClF2N7O2. The number of benzene rings is 2. The lowest BCUT2D eigenvalue weighted by Crippen LogP contribution is -2.57. The number of hydrogen-bond acceptors (Lipinski definition) is 7. The number of halogens is 3. The molecule has 9 nitrogen and oxygen atoms in total. The fourth-order valence-corrected chi connectivity index (χ4v) is 7.19. The van der Waals surface area contributed by atoms with Gasteiger partial charge in [-0.05, 0) is 37.9 Å². The summed E-state index contributed by atoms with van der Waals surface area (Å²) in [6.07, 6.45) is 0.996. The second-order valence-electron chi connectivity index (χ2n) is 12.4. The van der Waals surface area contributed by atoms with Crippen LogP contribution in [0.5, 0.6) is 6.01 Å². The summed E-state index contributed by atoms with van der Waals surface area (Å²) in [4.78, 5) is 33.4. The molecular weight excluding hydrogens is 600 g/mol. The summed E-state index contributed by atoms with van der Waals surface area (Å²) < 4.78 is 34.7. The molecule has 0 saturated carbocycles. The number of ether oxygens (including phenoxy) is 1. The number of carbonyl (C=O) groups excluding carboxylic acids is 1. The third-order valence-electron chi connectivity index (χ3n) is 9.04. The molecule has 45 heavy (non-hydrogen) atoms. The summed E-state index contributed by atoms with van der Waals surface area (Å²) in [6, 6.07) is 11.5. The zero-order chi connectivity index (χ0) is 31.9. The second kappa shape index (κ2) is 12.4. The first kappa shape index (κ1) is 31.0. The Kier molecular flexibility index (Phi) is 8.55. The fourth-order valence-electron chi connectivity index (χ4n) is 6.91. The summed E-state index contributed by atoms with van der Waals surface area (Å²) in [5, 5.41) is 2.70. The molecule has 3 atom stereocenters. The van der Waals surface area contributed by atoms with Crippen LogP contribution >= 0.6 is 11.6 Å². The van der Waals surface area contributed by atoms with Gasteiger partial charge in [0.1, 0.15) is 24.1 Å². The van der Waals surface area contributed by atoms with E-state index in [-0.39, 0.29) is 31.7 Å². The average molecular weight is 636 g/mol. The van der Waals surface area contributed by atoms with Crippen LogP contribution in [0.25, 0.3) is 15.6 Å². The maximum absolute atomic E-state index is 14.7. The first-order valence-corrected chi connectivity index (χ1v) is 15.5. The molecule has 0 spiro atoms. The van der Waals surface area contributed by atoms with Crippen molar-refractivity contribution in [1.82, 2.24) is 19.8 Å². The van der Waals surface area contributed by atoms with Crippen molar-refractivity contribution in [3.05, 3.63) is 76.5 Å². The van der Waals surface area contributed by atoms with Gasteiger partial charge in [0.15, 0.2) is 5.83 Å². The van der Waals surface area contributed by atoms with Gasteiger partial charge in [-0.25, -0.2) is 15.4 Å². The third-order valence-corrected chi connectivity index (χ3v) is 9.36. The third kappa shape index (κ3) is 6.26. The van der Waals surface area contributed by atoms with E-state index in [1.807, 2.05) is 47.2 Å². The molecule has 2 aromatic carbocycles. The number of hydrogen-bond donors (Lipinski definition) is 0. The summed E-state index contributed by atoms with van der Waals surface area (Å²) in [5.41, 5.74) is 1.50. The molecule has 2 fully saturated rings. The van der Waals surface area contributed by atoms with Crippen LogP contribution in [0.4, 0.5) is 20.3 Å². The summed E-state index contributed by atoms with van der Waals surface area (Å²) in [5.74, 6) is -1.15. The lowest BCUT2D eigenvalue weighted by molar-refractivity contribution is -0.131. The Labute approximate surface area is 266 Å². The number of aromatic nitrogens is 2. The minimum absolute atomic E-state index is 0.0256. The topological polar surface area (TPSA) is 69.4 Å². The van der Waals surface area contributed by atoms with E-state index in [9.17, 15) is 13.6 Å². The number of fused-ring (bicyclic) bond motifs is 2. The normalized spacial score (nSPS) is 23.6. The van der Waals surface area contributed by atoms with Gasteiger partial charge >= 0.3 is 6.01 Å². The molecule has 0 radical (unpaired) electrons. The smallest absolute Gasteiger partial charge is 0.318 e. The van der Waals surface area contributed by atoms with E-state index in [4.69, 9.17) is 32.9 Å². The van der Waals surface area contributed by atoms with E-state index < -0.39 is 23.4 Å². The highest BCUT2D eigenvalue weighted by Crippen LogP contribution is 2.37. The van der Waals surface area contributed by atoms with Gasteiger partial charge in [-0.1, -0.05) is 42.4 Å². The Morgan fingerprint density at radius 1 is 1.18 bits per heavy atom. The number of alkyl halides is 1. The van der Waals surface area contributed by atoms with Gasteiger partial charge < -0.3 is 24.3 Å². The molecule has 12 heteroatoms. The highest BCUT2D eigenvalue weighted by atomic mass is 35.5. The largest absolute Gasteiger partial charge is 0.462 e. The van der Waals surface area contributed by atoms with Crippen LogP contribution in [0.2, 0.25) is 5.02 Å². The Balaban J connectivity index is 1.34. The fraction of sp³-hybridized carbons (Fsp3) is 0.455. The van der Waals surface area contributed by atoms with Gasteiger partial charge in [0.2, 0.25) is 6.54 Å². The molecule has 0 bridgehead atoms. The van der Waals surface area contributed by atoms with Crippen molar-refractivity contribution in [2.24, 2.45) is 0 Å². The van der Waals surface area contributed by atoms with Crippen molar-refractivity contribution >= 4 is 39.8 Å². The number of likely N-dealkylation sites (tertiary alicyclic amines) is 1. The van der Waals surface area contributed by atoms with Crippen molar-refractivity contribution < 1.29 is 18.3 Å². The molecule has 236 valence electrons. The number of rotatable bonds is 7. The zero-order valence-corrected chi connectivity index (χ0v) is 26.2. The monoisotopic (exact) mass is 635 g/mol. The van der Waals surface area contributed by atoms with Crippen LogP contribution < -0.4 is 14.5 Å². The standard InChI is InChI=1S/C33H36ClF2N7O2/c1-21(35)31(44)43-14-13-42(17-24(43)16-37-3)30-25-11-12-41(28-10-6-8-22-7-5-9-26(34)29(22)28)18-27(25)38-32(39-30)45-19-23-15-33(2,36)20-40(23)4/h5-10,23-24H,1,11-20H2,2,4H3/t23-,24-,33?/m0/s1. The van der Waals surface area contributed by atoms with Crippen LogP contribution in [0.1, 0.15) is 24.6 Å². The van der Waals surface area contributed by atoms with Gasteiger partial charge in [0, 0.05) is 61.8 Å². The predicted molar refractivity (Wildman–Crippen MR) is 171 cm³/mol.